The summed E-state index contributed by atoms with van der Waals surface area (Å²) in [6, 6.07) is 17.0. The van der Waals surface area contributed by atoms with Gasteiger partial charge >= 0.3 is 5.97 Å². The summed E-state index contributed by atoms with van der Waals surface area (Å²) in [4.78, 5) is 10.7. The molecule has 4 rings (SSSR count). The van der Waals surface area contributed by atoms with Crippen LogP contribution in [0, 0.1) is 17.7 Å². The molecular weight excluding hydrogens is 407 g/mol. The molecule has 2 aliphatic rings. The Labute approximate surface area is 189 Å². The lowest BCUT2D eigenvalue weighted by atomic mass is 9.69. The van der Waals surface area contributed by atoms with Crippen LogP contribution in [0.2, 0.25) is 0 Å². The number of unbranched alkanes of at least 4 members (excludes halogenated alkanes) is 1. The summed E-state index contributed by atoms with van der Waals surface area (Å²) in [5.41, 5.74) is 2.15. The fourth-order valence-electron chi connectivity index (χ4n) is 5.37. The zero-order chi connectivity index (χ0) is 22.4. The van der Waals surface area contributed by atoms with Crippen LogP contribution in [0.5, 0.6) is 0 Å². The average Bonchev–Trinajstić information content (AvgIpc) is 3.35. The summed E-state index contributed by atoms with van der Waals surface area (Å²) in [6.45, 7) is 1.85. The molecule has 0 aromatic heterocycles. The van der Waals surface area contributed by atoms with E-state index in [4.69, 9.17) is 14.6 Å². The monoisotopic (exact) mass is 438 g/mol. The second-order valence-electron chi connectivity index (χ2n) is 8.98. The lowest BCUT2D eigenvalue weighted by Crippen LogP contribution is -2.41. The molecule has 0 amide bonds. The number of ether oxygens (including phenoxy) is 2. The molecule has 2 bridgehead atoms. The highest BCUT2D eigenvalue weighted by molar-refractivity contribution is 5.66. The van der Waals surface area contributed by atoms with E-state index in [0.29, 0.717) is 32.2 Å². The normalized spacial score (nSPS) is 26.7. The maximum absolute atomic E-state index is 13.6. The molecule has 1 saturated carbocycles. The highest BCUT2D eigenvalue weighted by atomic mass is 19.1. The molecule has 1 N–H and O–H groups in total. The van der Waals surface area contributed by atoms with Crippen LogP contribution >= 0.6 is 0 Å². The topological polar surface area (TPSA) is 55.8 Å². The van der Waals surface area contributed by atoms with Gasteiger partial charge < -0.3 is 14.6 Å². The van der Waals surface area contributed by atoms with E-state index in [0.717, 1.165) is 30.4 Å². The molecule has 2 fully saturated rings. The Hall–Kier alpha value is -2.50. The number of halogens is 1. The number of carboxylic acids is 1. The molecule has 1 saturated heterocycles. The SMILES string of the molecule is O=C(O)CCCC=CC[C@H]1[C@H](COCc2ccccc2)[C@@H]2C[C@@]1(c1ccc(F)cc1)CO2. The zero-order valence-electron chi connectivity index (χ0n) is 18.3. The van der Waals surface area contributed by atoms with E-state index in [-0.39, 0.29) is 29.7 Å². The molecule has 2 aromatic rings. The lowest BCUT2D eigenvalue weighted by molar-refractivity contribution is -0.137. The van der Waals surface area contributed by atoms with Gasteiger partial charge in [0, 0.05) is 17.8 Å². The Morgan fingerprint density at radius 2 is 1.94 bits per heavy atom. The summed E-state index contributed by atoms with van der Waals surface area (Å²) >= 11 is 0. The fourth-order valence-corrected chi connectivity index (χ4v) is 5.37. The first-order chi connectivity index (χ1) is 15.6. The second kappa shape index (κ2) is 10.4. The van der Waals surface area contributed by atoms with Crippen LogP contribution in [0.3, 0.4) is 0 Å². The summed E-state index contributed by atoms with van der Waals surface area (Å²) in [5, 5.41) is 8.81. The molecular formula is C27H31FO4. The third-order valence-corrected chi connectivity index (χ3v) is 6.98. The number of fused-ring (bicyclic) bond motifs is 2. The van der Waals surface area contributed by atoms with E-state index in [2.05, 4.69) is 24.3 Å². The van der Waals surface area contributed by atoms with Crippen molar-refractivity contribution in [2.75, 3.05) is 13.2 Å². The van der Waals surface area contributed by atoms with Gasteiger partial charge in [0.05, 0.1) is 25.9 Å². The van der Waals surface area contributed by atoms with Gasteiger partial charge in [0.1, 0.15) is 5.82 Å². The highest BCUT2D eigenvalue weighted by Gasteiger charge is 2.59. The maximum atomic E-state index is 13.6. The molecule has 0 spiro atoms. The first kappa shape index (κ1) is 22.7. The number of allylic oxidation sites excluding steroid dienone is 2. The number of hydrogen-bond donors (Lipinski definition) is 1. The van der Waals surface area contributed by atoms with Crippen molar-refractivity contribution in [2.45, 2.75) is 50.2 Å². The minimum absolute atomic E-state index is 0.134. The van der Waals surface area contributed by atoms with Crippen molar-refractivity contribution in [2.24, 2.45) is 11.8 Å². The van der Waals surface area contributed by atoms with Crippen LogP contribution in [0.15, 0.2) is 66.7 Å². The van der Waals surface area contributed by atoms with E-state index in [1.165, 1.54) is 12.1 Å². The van der Waals surface area contributed by atoms with Gasteiger partial charge in [-0.25, -0.2) is 4.39 Å². The molecule has 1 aliphatic carbocycles. The minimum Gasteiger partial charge on any atom is -0.481 e. The van der Waals surface area contributed by atoms with Crippen LogP contribution < -0.4 is 0 Å². The number of rotatable bonds is 11. The number of benzene rings is 2. The highest BCUT2D eigenvalue weighted by Crippen LogP contribution is 2.56. The number of carboxylic acid groups (broad SMARTS) is 1. The summed E-state index contributed by atoms with van der Waals surface area (Å²) in [7, 11) is 0. The molecule has 2 aromatic carbocycles. The molecule has 170 valence electrons. The van der Waals surface area contributed by atoms with Crippen molar-refractivity contribution >= 4 is 5.97 Å². The molecule has 32 heavy (non-hydrogen) atoms. The van der Waals surface area contributed by atoms with Gasteiger partial charge in [-0.2, -0.15) is 0 Å². The second-order valence-corrected chi connectivity index (χ2v) is 8.98. The van der Waals surface area contributed by atoms with E-state index < -0.39 is 5.97 Å². The smallest absolute Gasteiger partial charge is 0.303 e. The average molecular weight is 439 g/mol. The van der Waals surface area contributed by atoms with Gasteiger partial charge in [-0.1, -0.05) is 54.6 Å². The van der Waals surface area contributed by atoms with Crippen LogP contribution in [0.1, 0.15) is 43.2 Å². The molecule has 1 heterocycles. The summed E-state index contributed by atoms with van der Waals surface area (Å²) < 4.78 is 25.9. The van der Waals surface area contributed by atoms with Gasteiger partial charge in [-0.15, -0.1) is 0 Å². The first-order valence-electron chi connectivity index (χ1n) is 11.4. The lowest BCUT2D eigenvalue weighted by Gasteiger charge is -2.39. The summed E-state index contributed by atoms with van der Waals surface area (Å²) in [5.74, 6) is -0.384. The Kier molecular flexibility index (Phi) is 7.38. The number of hydrogen-bond acceptors (Lipinski definition) is 3. The molecule has 4 nitrogen and oxygen atoms in total. The molecule has 0 radical (unpaired) electrons. The molecule has 0 unspecified atom stereocenters. The van der Waals surface area contributed by atoms with Gasteiger partial charge in [0.2, 0.25) is 0 Å². The summed E-state index contributed by atoms with van der Waals surface area (Å²) in [6.07, 6.45) is 7.82. The number of aliphatic carboxylic acids is 1. The minimum atomic E-state index is -0.755. The predicted octanol–water partition coefficient (Wildman–Crippen LogP) is 5.52. The Balaban J connectivity index is 1.46. The van der Waals surface area contributed by atoms with Gasteiger partial charge in [0.15, 0.2) is 0 Å². The van der Waals surface area contributed by atoms with Crippen molar-refractivity contribution in [1.82, 2.24) is 0 Å². The fraction of sp³-hybridized carbons (Fsp3) is 0.444. The molecule has 5 heteroatoms. The third-order valence-electron chi connectivity index (χ3n) is 6.98. The van der Waals surface area contributed by atoms with Crippen LogP contribution in [0.4, 0.5) is 4.39 Å². The van der Waals surface area contributed by atoms with Gasteiger partial charge in [-0.3, -0.25) is 4.79 Å². The Morgan fingerprint density at radius 1 is 1.16 bits per heavy atom. The van der Waals surface area contributed by atoms with Crippen molar-refractivity contribution in [3.63, 3.8) is 0 Å². The Bertz CT molecular complexity index is 911. The largest absolute Gasteiger partial charge is 0.481 e. The zero-order valence-corrected chi connectivity index (χ0v) is 18.3. The van der Waals surface area contributed by atoms with Crippen LogP contribution in [-0.4, -0.2) is 30.4 Å². The predicted molar refractivity (Wildman–Crippen MR) is 121 cm³/mol. The van der Waals surface area contributed by atoms with Gasteiger partial charge in [-0.05, 0) is 54.9 Å². The first-order valence-corrected chi connectivity index (χ1v) is 11.4. The van der Waals surface area contributed by atoms with Crippen LogP contribution in [-0.2, 0) is 26.3 Å². The maximum Gasteiger partial charge on any atom is 0.303 e. The van der Waals surface area contributed by atoms with E-state index in [1.54, 1.807) is 0 Å². The van der Waals surface area contributed by atoms with E-state index in [1.807, 2.05) is 30.3 Å². The van der Waals surface area contributed by atoms with Crippen molar-refractivity contribution in [1.29, 1.82) is 0 Å². The standard InChI is InChI=1S/C27H31FO4/c28-22-14-12-21(13-15-22)27-16-25(32-19-27)23(18-31-17-20-8-4-3-5-9-20)24(27)10-6-1-2-7-11-26(29)30/h1,3-6,8-9,12-15,23-25H,2,7,10-11,16-19H2,(H,29,30)/t23-,24-,25-,27-/m0/s1. The Morgan fingerprint density at radius 3 is 2.69 bits per heavy atom. The number of carbonyl (C=O) groups is 1. The van der Waals surface area contributed by atoms with E-state index >= 15 is 0 Å². The van der Waals surface area contributed by atoms with Crippen LogP contribution in [0.25, 0.3) is 0 Å². The van der Waals surface area contributed by atoms with Crippen molar-refractivity contribution in [3.8, 4) is 0 Å². The quantitative estimate of drug-likeness (QED) is 0.371. The molecule has 1 aliphatic heterocycles. The van der Waals surface area contributed by atoms with Gasteiger partial charge in [0.25, 0.3) is 0 Å². The van der Waals surface area contributed by atoms with Crippen molar-refractivity contribution in [3.05, 3.63) is 83.7 Å². The molecule has 4 atom stereocenters. The third kappa shape index (κ3) is 5.11. The van der Waals surface area contributed by atoms with E-state index in [9.17, 15) is 9.18 Å². The van der Waals surface area contributed by atoms with Crippen molar-refractivity contribution < 1.29 is 23.8 Å².